The van der Waals surface area contributed by atoms with Crippen molar-refractivity contribution in [2.75, 3.05) is 6.54 Å². The van der Waals surface area contributed by atoms with Crippen molar-refractivity contribution in [3.8, 4) is 0 Å². The van der Waals surface area contributed by atoms with Gasteiger partial charge in [0, 0.05) is 18.5 Å². The summed E-state index contributed by atoms with van der Waals surface area (Å²) < 4.78 is 0. The molecule has 1 saturated carbocycles. The quantitative estimate of drug-likeness (QED) is 0.753. The number of hydrogen-bond acceptors (Lipinski definition) is 2. The Labute approximate surface area is 99.4 Å². The molecule has 0 bridgehead atoms. The summed E-state index contributed by atoms with van der Waals surface area (Å²) in [6.07, 6.45) is 5.42. The van der Waals surface area contributed by atoms with E-state index < -0.39 is 0 Å². The maximum Gasteiger partial charge on any atom is 0.221 e. The van der Waals surface area contributed by atoms with E-state index in [9.17, 15) is 4.79 Å². The highest BCUT2D eigenvalue weighted by Gasteiger charge is 2.20. The van der Waals surface area contributed by atoms with Crippen LogP contribution in [0.25, 0.3) is 0 Å². The molecule has 0 aliphatic heterocycles. The van der Waals surface area contributed by atoms with Gasteiger partial charge in [0.05, 0.1) is 0 Å². The van der Waals surface area contributed by atoms with E-state index >= 15 is 0 Å². The second-order valence-corrected chi connectivity index (χ2v) is 5.19. The largest absolute Gasteiger partial charge is 0.353 e. The average Bonchev–Trinajstić information content (AvgIpc) is 2.21. The summed E-state index contributed by atoms with van der Waals surface area (Å²) in [6, 6.07) is 0.713. The van der Waals surface area contributed by atoms with Gasteiger partial charge < -0.3 is 10.6 Å². The lowest BCUT2D eigenvalue weighted by molar-refractivity contribution is -0.122. The number of carbonyl (C=O) groups excluding carboxylic acids is 1. The molecule has 2 N–H and O–H groups in total. The van der Waals surface area contributed by atoms with Crippen LogP contribution in [0, 0.1) is 5.92 Å². The summed E-state index contributed by atoms with van der Waals surface area (Å²) in [5.41, 5.74) is 0. The summed E-state index contributed by atoms with van der Waals surface area (Å²) in [4.78, 5) is 11.7. The highest BCUT2D eigenvalue weighted by molar-refractivity contribution is 5.76. The maximum absolute atomic E-state index is 11.7. The third-order valence-corrected chi connectivity index (χ3v) is 3.43. The van der Waals surface area contributed by atoms with Crippen LogP contribution in [0.2, 0.25) is 0 Å². The van der Waals surface area contributed by atoms with Crippen LogP contribution in [0.1, 0.15) is 52.9 Å². The fourth-order valence-electron chi connectivity index (χ4n) is 2.39. The SMILES string of the molecule is CCNC(C)CC(=O)NC1CCC(C)CC1. The Kier molecular flexibility index (Phi) is 5.81. The van der Waals surface area contributed by atoms with Crippen molar-refractivity contribution in [2.24, 2.45) is 5.92 Å². The van der Waals surface area contributed by atoms with Gasteiger partial charge in [-0.15, -0.1) is 0 Å². The van der Waals surface area contributed by atoms with E-state index in [0.717, 1.165) is 25.3 Å². The Hall–Kier alpha value is -0.570. The van der Waals surface area contributed by atoms with E-state index in [0.29, 0.717) is 12.5 Å². The third kappa shape index (κ3) is 4.97. The van der Waals surface area contributed by atoms with Gasteiger partial charge in [-0.2, -0.15) is 0 Å². The second-order valence-electron chi connectivity index (χ2n) is 5.19. The summed E-state index contributed by atoms with van der Waals surface area (Å²) in [5, 5.41) is 6.41. The zero-order valence-electron chi connectivity index (χ0n) is 10.9. The average molecular weight is 226 g/mol. The van der Waals surface area contributed by atoms with Crippen LogP contribution in [0.4, 0.5) is 0 Å². The fraction of sp³-hybridized carbons (Fsp3) is 0.923. The van der Waals surface area contributed by atoms with E-state index in [1.807, 2.05) is 0 Å². The van der Waals surface area contributed by atoms with Crippen molar-refractivity contribution in [3.05, 3.63) is 0 Å². The monoisotopic (exact) mass is 226 g/mol. The van der Waals surface area contributed by atoms with Crippen molar-refractivity contribution >= 4 is 5.91 Å². The van der Waals surface area contributed by atoms with Gasteiger partial charge in [-0.25, -0.2) is 0 Å². The molecule has 1 rings (SSSR count). The van der Waals surface area contributed by atoms with Crippen LogP contribution in [0.3, 0.4) is 0 Å². The minimum atomic E-state index is 0.202. The molecular weight excluding hydrogens is 200 g/mol. The molecule has 3 heteroatoms. The molecular formula is C13H26N2O. The van der Waals surface area contributed by atoms with E-state index in [2.05, 4.69) is 31.4 Å². The predicted octanol–water partition coefficient (Wildman–Crippen LogP) is 2.07. The van der Waals surface area contributed by atoms with Gasteiger partial charge in [-0.05, 0) is 45.1 Å². The van der Waals surface area contributed by atoms with Crippen LogP contribution >= 0.6 is 0 Å². The van der Waals surface area contributed by atoms with Crippen LogP contribution in [0.5, 0.6) is 0 Å². The molecule has 0 aromatic rings. The van der Waals surface area contributed by atoms with Crippen molar-refractivity contribution in [1.29, 1.82) is 0 Å². The predicted molar refractivity (Wildman–Crippen MR) is 67.3 cm³/mol. The molecule has 1 aliphatic carbocycles. The van der Waals surface area contributed by atoms with E-state index in [1.165, 1.54) is 12.8 Å². The highest BCUT2D eigenvalue weighted by Crippen LogP contribution is 2.23. The van der Waals surface area contributed by atoms with Crippen molar-refractivity contribution in [3.63, 3.8) is 0 Å². The summed E-state index contributed by atoms with van der Waals surface area (Å²) >= 11 is 0. The molecule has 0 aromatic heterocycles. The van der Waals surface area contributed by atoms with Gasteiger partial charge in [0.15, 0.2) is 0 Å². The third-order valence-electron chi connectivity index (χ3n) is 3.43. The van der Waals surface area contributed by atoms with Crippen LogP contribution in [-0.2, 0) is 4.79 Å². The zero-order chi connectivity index (χ0) is 12.0. The van der Waals surface area contributed by atoms with Gasteiger partial charge in [-0.1, -0.05) is 13.8 Å². The van der Waals surface area contributed by atoms with Crippen molar-refractivity contribution in [1.82, 2.24) is 10.6 Å². The topological polar surface area (TPSA) is 41.1 Å². The van der Waals surface area contributed by atoms with Gasteiger partial charge in [0.1, 0.15) is 0 Å². The molecule has 0 aromatic carbocycles. The lowest BCUT2D eigenvalue weighted by atomic mass is 9.87. The van der Waals surface area contributed by atoms with E-state index in [-0.39, 0.29) is 11.9 Å². The van der Waals surface area contributed by atoms with Crippen molar-refractivity contribution in [2.45, 2.75) is 65.0 Å². The van der Waals surface area contributed by atoms with Crippen LogP contribution < -0.4 is 10.6 Å². The molecule has 0 radical (unpaired) electrons. The van der Waals surface area contributed by atoms with Crippen LogP contribution in [0.15, 0.2) is 0 Å². The summed E-state index contributed by atoms with van der Waals surface area (Å²) in [6.45, 7) is 7.35. The van der Waals surface area contributed by atoms with E-state index in [1.54, 1.807) is 0 Å². The molecule has 16 heavy (non-hydrogen) atoms. The number of nitrogens with one attached hydrogen (secondary N) is 2. The Morgan fingerprint density at radius 1 is 1.31 bits per heavy atom. The van der Waals surface area contributed by atoms with Gasteiger partial charge >= 0.3 is 0 Å². The molecule has 0 spiro atoms. The molecule has 0 saturated heterocycles. The second kappa shape index (κ2) is 6.89. The molecule has 1 fully saturated rings. The molecule has 1 amide bonds. The highest BCUT2D eigenvalue weighted by atomic mass is 16.1. The number of amides is 1. The number of carbonyl (C=O) groups is 1. The number of hydrogen-bond donors (Lipinski definition) is 2. The minimum absolute atomic E-state index is 0.202. The molecule has 1 unspecified atom stereocenters. The molecule has 1 atom stereocenters. The standard InChI is InChI=1S/C13H26N2O/c1-4-14-11(3)9-13(16)15-12-7-5-10(2)6-8-12/h10-12,14H,4-9H2,1-3H3,(H,15,16). The Morgan fingerprint density at radius 3 is 2.50 bits per heavy atom. The first kappa shape index (κ1) is 13.5. The molecule has 3 nitrogen and oxygen atoms in total. The smallest absolute Gasteiger partial charge is 0.221 e. The number of rotatable bonds is 5. The summed E-state index contributed by atoms with van der Waals surface area (Å²) in [5.74, 6) is 1.04. The van der Waals surface area contributed by atoms with Crippen LogP contribution in [-0.4, -0.2) is 24.5 Å². The normalized spacial score (nSPS) is 27.4. The Balaban J connectivity index is 2.18. The zero-order valence-corrected chi connectivity index (χ0v) is 10.9. The maximum atomic E-state index is 11.7. The lowest BCUT2D eigenvalue weighted by Gasteiger charge is -2.27. The lowest BCUT2D eigenvalue weighted by Crippen LogP contribution is -2.40. The first-order valence-electron chi connectivity index (χ1n) is 6.64. The molecule has 94 valence electrons. The van der Waals surface area contributed by atoms with Gasteiger partial charge in [-0.3, -0.25) is 4.79 Å². The Bertz CT molecular complexity index is 210. The van der Waals surface area contributed by atoms with E-state index in [4.69, 9.17) is 0 Å². The van der Waals surface area contributed by atoms with Gasteiger partial charge in [0.25, 0.3) is 0 Å². The summed E-state index contributed by atoms with van der Waals surface area (Å²) in [7, 11) is 0. The molecule has 1 aliphatic rings. The van der Waals surface area contributed by atoms with Gasteiger partial charge in [0.2, 0.25) is 5.91 Å². The Morgan fingerprint density at radius 2 is 1.94 bits per heavy atom. The van der Waals surface area contributed by atoms with Crippen molar-refractivity contribution < 1.29 is 4.79 Å². The minimum Gasteiger partial charge on any atom is -0.353 e. The first-order valence-corrected chi connectivity index (χ1v) is 6.64. The first-order chi connectivity index (χ1) is 7.61. The fourth-order valence-corrected chi connectivity index (χ4v) is 2.39. The molecule has 0 heterocycles.